The molecule has 2 aromatic rings. The fourth-order valence-corrected chi connectivity index (χ4v) is 2.80. The lowest BCUT2D eigenvalue weighted by atomic mass is 10.2. The average Bonchev–Trinajstić information content (AvgIpc) is 3.18. The SMILES string of the molecule is COCc1nnc(C(=O)N2CCC(n3nc(C)cc3C)C2)o1. The van der Waals surface area contributed by atoms with Crippen LogP contribution in [0.4, 0.5) is 0 Å². The van der Waals surface area contributed by atoms with Crippen molar-refractivity contribution in [3.05, 3.63) is 29.2 Å². The van der Waals surface area contributed by atoms with Crippen LogP contribution in [0.3, 0.4) is 0 Å². The molecule has 0 bridgehead atoms. The Bertz CT molecular complexity index is 678. The second-order valence-electron chi connectivity index (χ2n) is 5.50. The van der Waals surface area contributed by atoms with E-state index >= 15 is 0 Å². The summed E-state index contributed by atoms with van der Waals surface area (Å²) in [5, 5.41) is 12.1. The summed E-state index contributed by atoms with van der Waals surface area (Å²) in [4.78, 5) is 14.1. The van der Waals surface area contributed by atoms with Crippen LogP contribution in [-0.4, -0.2) is 51.0 Å². The van der Waals surface area contributed by atoms with Crippen molar-refractivity contribution in [3.63, 3.8) is 0 Å². The van der Waals surface area contributed by atoms with Gasteiger partial charge in [0.25, 0.3) is 0 Å². The zero-order chi connectivity index (χ0) is 15.7. The maximum atomic E-state index is 12.4. The molecule has 1 unspecified atom stereocenters. The number of rotatable bonds is 4. The Kier molecular flexibility index (Phi) is 3.93. The molecule has 118 valence electrons. The predicted octanol–water partition coefficient (Wildman–Crippen LogP) is 1.12. The number of hydrogen-bond acceptors (Lipinski definition) is 6. The molecule has 1 fully saturated rings. The molecule has 1 amide bonds. The van der Waals surface area contributed by atoms with Gasteiger partial charge in [0.2, 0.25) is 5.89 Å². The number of hydrogen-bond donors (Lipinski definition) is 0. The Morgan fingerprint density at radius 3 is 2.95 bits per heavy atom. The summed E-state index contributed by atoms with van der Waals surface area (Å²) < 4.78 is 12.2. The van der Waals surface area contributed by atoms with E-state index in [0.717, 1.165) is 17.8 Å². The van der Waals surface area contributed by atoms with Gasteiger partial charge in [-0.2, -0.15) is 5.10 Å². The van der Waals surface area contributed by atoms with E-state index in [1.807, 2.05) is 24.6 Å². The summed E-state index contributed by atoms with van der Waals surface area (Å²) in [6, 6.07) is 2.23. The van der Waals surface area contributed by atoms with Crippen LogP contribution >= 0.6 is 0 Å². The molecule has 1 aliphatic rings. The lowest BCUT2D eigenvalue weighted by molar-refractivity contribution is 0.0739. The molecule has 0 spiro atoms. The van der Waals surface area contributed by atoms with Gasteiger partial charge in [-0.05, 0) is 26.3 Å². The van der Waals surface area contributed by atoms with Crippen LogP contribution in [0.25, 0.3) is 0 Å². The predicted molar refractivity (Wildman–Crippen MR) is 76.3 cm³/mol. The topological polar surface area (TPSA) is 86.3 Å². The Labute approximate surface area is 128 Å². The third-order valence-electron chi connectivity index (χ3n) is 3.76. The molecule has 3 heterocycles. The number of ether oxygens (including phenoxy) is 1. The summed E-state index contributed by atoms with van der Waals surface area (Å²) >= 11 is 0. The van der Waals surface area contributed by atoms with Crippen LogP contribution in [0, 0.1) is 13.8 Å². The first-order chi connectivity index (χ1) is 10.6. The van der Waals surface area contributed by atoms with E-state index in [-0.39, 0.29) is 24.4 Å². The van der Waals surface area contributed by atoms with E-state index in [1.165, 1.54) is 7.11 Å². The summed E-state index contributed by atoms with van der Waals surface area (Å²) in [6.45, 7) is 5.46. The standard InChI is InChI=1S/C14H19N5O3/c1-9-6-10(2)19(17-9)11-4-5-18(7-11)14(20)13-16-15-12(22-13)8-21-3/h6,11H,4-5,7-8H2,1-3H3. The summed E-state index contributed by atoms with van der Waals surface area (Å²) in [6.07, 6.45) is 0.868. The van der Waals surface area contributed by atoms with Gasteiger partial charge in [-0.3, -0.25) is 9.48 Å². The van der Waals surface area contributed by atoms with Gasteiger partial charge in [-0.25, -0.2) is 0 Å². The maximum absolute atomic E-state index is 12.4. The summed E-state index contributed by atoms with van der Waals surface area (Å²) in [7, 11) is 1.53. The molecule has 0 radical (unpaired) electrons. The molecule has 0 saturated carbocycles. The van der Waals surface area contributed by atoms with E-state index < -0.39 is 0 Å². The molecule has 8 heteroatoms. The van der Waals surface area contributed by atoms with Crippen molar-refractivity contribution in [2.75, 3.05) is 20.2 Å². The number of carbonyl (C=O) groups excluding carboxylic acids is 1. The molecule has 1 aliphatic heterocycles. The fraction of sp³-hybridized carbons (Fsp3) is 0.571. The second kappa shape index (κ2) is 5.88. The highest BCUT2D eigenvalue weighted by Crippen LogP contribution is 2.24. The number of nitrogens with zero attached hydrogens (tertiary/aromatic N) is 5. The van der Waals surface area contributed by atoms with Crippen molar-refractivity contribution in [2.24, 2.45) is 0 Å². The molecule has 1 atom stereocenters. The van der Waals surface area contributed by atoms with Crippen LogP contribution < -0.4 is 0 Å². The van der Waals surface area contributed by atoms with E-state index in [9.17, 15) is 4.79 Å². The highest BCUT2D eigenvalue weighted by Gasteiger charge is 2.31. The molecule has 22 heavy (non-hydrogen) atoms. The van der Waals surface area contributed by atoms with E-state index in [1.54, 1.807) is 4.90 Å². The molecular weight excluding hydrogens is 286 g/mol. The summed E-state index contributed by atoms with van der Waals surface area (Å²) in [5.41, 5.74) is 2.10. The molecule has 1 saturated heterocycles. The smallest absolute Gasteiger partial charge is 0.311 e. The highest BCUT2D eigenvalue weighted by molar-refractivity contribution is 5.89. The third-order valence-corrected chi connectivity index (χ3v) is 3.76. The number of amides is 1. The van der Waals surface area contributed by atoms with Gasteiger partial charge in [-0.15, -0.1) is 10.2 Å². The molecular formula is C14H19N5O3. The van der Waals surface area contributed by atoms with Crippen molar-refractivity contribution in [3.8, 4) is 0 Å². The highest BCUT2D eigenvalue weighted by atomic mass is 16.5. The van der Waals surface area contributed by atoms with Crippen molar-refractivity contribution in [2.45, 2.75) is 32.9 Å². The molecule has 0 N–H and O–H groups in total. The van der Waals surface area contributed by atoms with E-state index in [0.29, 0.717) is 19.0 Å². The monoisotopic (exact) mass is 305 g/mol. The first-order valence-electron chi connectivity index (χ1n) is 7.22. The minimum Gasteiger partial charge on any atom is -0.414 e. The largest absolute Gasteiger partial charge is 0.414 e. The molecule has 8 nitrogen and oxygen atoms in total. The van der Waals surface area contributed by atoms with E-state index in [2.05, 4.69) is 15.3 Å². The maximum Gasteiger partial charge on any atom is 0.311 e. The zero-order valence-corrected chi connectivity index (χ0v) is 12.9. The summed E-state index contributed by atoms with van der Waals surface area (Å²) in [5.74, 6) is 0.0834. The fourth-order valence-electron chi connectivity index (χ4n) is 2.80. The molecule has 0 aromatic carbocycles. The zero-order valence-electron chi connectivity index (χ0n) is 12.9. The Balaban J connectivity index is 1.69. The Morgan fingerprint density at radius 1 is 1.45 bits per heavy atom. The molecule has 0 aliphatic carbocycles. The number of aryl methyl sites for hydroxylation is 2. The van der Waals surface area contributed by atoms with E-state index in [4.69, 9.17) is 9.15 Å². The Morgan fingerprint density at radius 2 is 2.27 bits per heavy atom. The van der Waals surface area contributed by atoms with Crippen molar-refractivity contribution in [1.29, 1.82) is 0 Å². The lowest BCUT2D eigenvalue weighted by Gasteiger charge is -2.15. The van der Waals surface area contributed by atoms with Gasteiger partial charge in [0, 0.05) is 25.9 Å². The van der Waals surface area contributed by atoms with Gasteiger partial charge in [-0.1, -0.05) is 0 Å². The number of methoxy groups -OCH3 is 1. The first-order valence-corrected chi connectivity index (χ1v) is 7.22. The lowest BCUT2D eigenvalue weighted by Crippen LogP contribution is -2.29. The van der Waals surface area contributed by atoms with Crippen LogP contribution in [-0.2, 0) is 11.3 Å². The van der Waals surface area contributed by atoms with Crippen molar-refractivity contribution < 1.29 is 13.9 Å². The second-order valence-corrected chi connectivity index (χ2v) is 5.50. The van der Waals surface area contributed by atoms with Crippen LogP contribution in [0.2, 0.25) is 0 Å². The normalized spacial score (nSPS) is 18.1. The first kappa shape index (κ1) is 14.7. The third kappa shape index (κ3) is 2.74. The number of carbonyl (C=O) groups is 1. The molecule has 2 aromatic heterocycles. The van der Waals surface area contributed by atoms with Gasteiger partial charge in [0.1, 0.15) is 6.61 Å². The van der Waals surface area contributed by atoms with Crippen molar-refractivity contribution >= 4 is 5.91 Å². The van der Waals surface area contributed by atoms with Crippen LogP contribution in [0.1, 0.15) is 40.4 Å². The molecule has 3 rings (SSSR count). The van der Waals surface area contributed by atoms with Crippen LogP contribution in [0.15, 0.2) is 10.5 Å². The van der Waals surface area contributed by atoms with Crippen molar-refractivity contribution in [1.82, 2.24) is 24.9 Å². The number of aromatic nitrogens is 4. The quantitative estimate of drug-likeness (QED) is 0.841. The Hall–Kier alpha value is -2.22. The average molecular weight is 305 g/mol. The number of likely N-dealkylation sites (tertiary alicyclic amines) is 1. The van der Waals surface area contributed by atoms with Gasteiger partial charge in [0.05, 0.1) is 11.7 Å². The van der Waals surface area contributed by atoms with Crippen LogP contribution in [0.5, 0.6) is 0 Å². The van der Waals surface area contributed by atoms with Gasteiger partial charge in [0.15, 0.2) is 0 Å². The van der Waals surface area contributed by atoms with Gasteiger partial charge >= 0.3 is 11.8 Å². The van der Waals surface area contributed by atoms with Gasteiger partial charge < -0.3 is 14.1 Å². The minimum atomic E-state index is -0.237. The minimum absolute atomic E-state index is 0.0149.